The molecule has 0 radical (unpaired) electrons. The summed E-state index contributed by atoms with van der Waals surface area (Å²) in [5, 5.41) is 9.11. The number of nitriles is 1. The fourth-order valence-electron chi connectivity index (χ4n) is 1.74. The summed E-state index contributed by atoms with van der Waals surface area (Å²) in [7, 11) is 1.55. The lowest BCUT2D eigenvalue weighted by molar-refractivity contribution is -0.138. The Kier molecular flexibility index (Phi) is 7.55. The van der Waals surface area contributed by atoms with Gasteiger partial charge < -0.3 is 14.2 Å². The summed E-state index contributed by atoms with van der Waals surface area (Å²) in [5.41, 5.74) is 0.636. The maximum atomic E-state index is 11.8. The fraction of sp³-hybridized carbons (Fsp3) is 0.412. The van der Waals surface area contributed by atoms with Crippen LogP contribution in [-0.4, -0.2) is 26.3 Å². The number of carbonyl (C=O) groups excluding carboxylic acids is 1. The Bertz CT molecular complexity index is 573. The molecule has 0 aliphatic rings. The van der Waals surface area contributed by atoms with E-state index in [1.165, 1.54) is 6.08 Å². The topological polar surface area (TPSA) is 68.6 Å². The summed E-state index contributed by atoms with van der Waals surface area (Å²) in [6.07, 6.45) is 3.19. The molecule has 0 unspecified atom stereocenters. The zero-order chi connectivity index (χ0) is 16.4. The highest BCUT2D eigenvalue weighted by Gasteiger charge is 2.11. The zero-order valence-electron chi connectivity index (χ0n) is 13.2. The maximum absolute atomic E-state index is 11.8. The fourth-order valence-corrected chi connectivity index (χ4v) is 1.74. The Morgan fingerprint density at radius 1 is 1.32 bits per heavy atom. The minimum absolute atomic E-state index is 0.0382. The maximum Gasteiger partial charge on any atom is 0.348 e. The van der Waals surface area contributed by atoms with E-state index in [2.05, 4.69) is 0 Å². The Hall–Kier alpha value is -2.48. The molecule has 0 atom stereocenters. The van der Waals surface area contributed by atoms with Crippen LogP contribution in [0.15, 0.2) is 23.8 Å². The number of hydrogen-bond donors (Lipinski definition) is 0. The van der Waals surface area contributed by atoms with Gasteiger partial charge in [0.15, 0.2) is 11.5 Å². The molecule has 0 heterocycles. The van der Waals surface area contributed by atoms with Gasteiger partial charge in [-0.1, -0.05) is 19.4 Å². The molecule has 0 saturated heterocycles. The molecule has 0 fully saturated rings. The second-order valence-electron chi connectivity index (χ2n) is 4.50. The lowest BCUT2D eigenvalue weighted by Crippen LogP contribution is -2.07. The van der Waals surface area contributed by atoms with Crippen molar-refractivity contribution < 1.29 is 19.0 Å². The van der Waals surface area contributed by atoms with Crippen LogP contribution >= 0.6 is 0 Å². The van der Waals surface area contributed by atoms with E-state index in [0.29, 0.717) is 30.3 Å². The van der Waals surface area contributed by atoms with Gasteiger partial charge in [-0.15, -0.1) is 0 Å². The lowest BCUT2D eigenvalue weighted by Gasteiger charge is -2.10. The van der Waals surface area contributed by atoms with Crippen molar-refractivity contribution in [1.29, 1.82) is 5.26 Å². The Balaban J connectivity index is 2.95. The highest BCUT2D eigenvalue weighted by molar-refractivity contribution is 5.97. The van der Waals surface area contributed by atoms with E-state index in [0.717, 1.165) is 12.8 Å². The second-order valence-corrected chi connectivity index (χ2v) is 4.50. The Labute approximate surface area is 131 Å². The van der Waals surface area contributed by atoms with Gasteiger partial charge in [-0.3, -0.25) is 0 Å². The van der Waals surface area contributed by atoms with E-state index in [1.54, 1.807) is 25.3 Å². The third-order valence-corrected chi connectivity index (χ3v) is 2.87. The van der Waals surface area contributed by atoms with Crippen molar-refractivity contribution in [3.63, 3.8) is 0 Å². The van der Waals surface area contributed by atoms with Crippen LogP contribution in [0.2, 0.25) is 0 Å². The average Bonchev–Trinajstić information content (AvgIpc) is 2.53. The molecule has 0 saturated carbocycles. The van der Waals surface area contributed by atoms with Gasteiger partial charge in [0.25, 0.3) is 0 Å². The molecule has 0 aliphatic heterocycles. The third-order valence-electron chi connectivity index (χ3n) is 2.87. The molecule has 0 aromatic heterocycles. The first-order chi connectivity index (χ1) is 10.7. The number of rotatable bonds is 8. The van der Waals surface area contributed by atoms with E-state index >= 15 is 0 Å². The normalized spacial score (nSPS) is 10.7. The predicted octanol–water partition coefficient (Wildman–Crippen LogP) is 3.34. The van der Waals surface area contributed by atoms with Gasteiger partial charge >= 0.3 is 5.97 Å². The monoisotopic (exact) mass is 303 g/mol. The van der Waals surface area contributed by atoms with Crippen molar-refractivity contribution >= 4 is 12.0 Å². The lowest BCUT2D eigenvalue weighted by atomic mass is 10.1. The van der Waals surface area contributed by atoms with Crippen molar-refractivity contribution in [2.75, 3.05) is 20.3 Å². The van der Waals surface area contributed by atoms with Crippen LogP contribution in [0.4, 0.5) is 0 Å². The first-order valence-corrected chi connectivity index (χ1v) is 7.26. The highest BCUT2D eigenvalue weighted by atomic mass is 16.5. The highest BCUT2D eigenvalue weighted by Crippen LogP contribution is 2.28. The molecule has 22 heavy (non-hydrogen) atoms. The average molecular weight is 303 g/mol. The van der Waals surface area contributed by atoms with Crippen LogP contribution in [0.25, 0.3) is 6.08 Å². The quantitative estimate of drug-likeness (QED) is 0.319. The number of nitrogens with zero attached hydrogens (tertiary/aromatic N) is 1. The van der Waals surface area contributed by atoms with Gasteiger partial charge in [0.1, 0.15) is 11.6 Å². The van der Waals surface area contributed by atoms with Crippen LogP contribution in [0.3, 0.4) is 0 Å². The molecule has 0 aliphatic carbocycles. The molecular weight excluding hydrogens is 282 g/mol. The standard InChI is InChI=1S/C17H21NO4/c1-4-6-9-22-17(19)14(12-18)10-13-7-8-15(20-3)16(11-13)21-5-2/h7-8,10-11H,4-6,9H2,1-3H3/b14-10+. The number of unbranched alkanes of at least 4 members (excludes halogenated alkanes) is 1. The van der Waals surface area contributed by atoms with Gasteiger partial charge in [0.05, 0.1) is 20.3 Å². The van der Waals surface area contributed by atoms with E-state index in [9.17, 15) is 4.79 Å². The number of methoxy groups -OCH3 is 1. The van der Waals surface area contributed by atoms with Gasteiger partial charge in [-0.05, 0) is 37.1 Å². The summed E-state index contributed by atoms with van der Waals surface area (Å²) in [5.74, 6) is 0.558. The van der Waals surface area contributed by atoms with Crippen molar-refractivity contribution in [2.24, 2.45) is 0 Å². The Morgan fingerprint density at radius 3 is 2.68 bits per heavy atom. The zero-order valence-corrected chi connectivity index (χ0v) is 13.2. The largest absolute Gasteiger partial charge is 0.493 e. The summed E-state index contributed by atoms with van der Waals surface area (Å²) < 4.78 is 15.7. The third kappa shape index (κ3) is 5.13. The summed E-state index contributed by atoms with van der Waals surface area (Å²) in [6, 6.07) is 7.07. The second kappa shape index (κ2) is 9.46. The summed E-state index contributed by atoms with van der Waals surface area (Å²) >= 11 is 0. The van der Waals surface area contributed by atoms with Crippen LogP contribution < -0.4 is 9.47 Å². The molecule has 5 heteroatoms. The number of benzene rings is 1. The first-order valence-electron chi connectivity index (χ1n) is 7.26. The van der Waals surface area contributed by atoms with Crippen molar-refractivity contribution in [1.82, 2.24) is 0 Å². The predicted molar refractivity (Wildman–Crippen MR) is 83.6 cm³/mol. The minimum Gasteiger partial charge on any atom is -0.493 e. The van der Waals surface area contributed by atoms with Gasteiger partial charge in [-0.2, -0.15) is 5.26 Å². The molecule has 0 bridgehead atoms. The number of ether oxygens (including phenoxy) is 3. The molecular formula is C17H21NO4. The van der Waals surface area contributed by atoms with Crippen LogP contribution in [-0.2, 0) is 9.53 Å². The van der Waals surface area contributed by atoms with Crippen molar-refractivity contribution in [3.8, 4) is 17.6 Å². The SMILES string of the molecule is CCCCOC(=O)/C(C#N)=C/c1ccc(OC)c(OCC)c1. The molecule has 1 aromatic carbocycles. The minimum atomic E-state index is -0.607. The summed E-state index contributed by atoms with van der Waals surface area (Å²) in [4.78, 5) is 11.8. The summed E-state index contributed by atoms with van der Waals surface area (Å²) in [6.45, 7) is 4.68. The van der Waals surface area contributed by atoms with E-state index in [-0.39, 0.29) is 5.57 Å². The number of esters is 1. The molecule has 1 rings (SSSR count). The van der Waals surface area contributed by atoms with E-state index in [1.807, 2.05) is 19.9 Å². The van der Waals surface area contributed by atoms with Gasteiger partial charge in [-0.25, -0.2) is 4.79 Å². The first kappa shape index (κ1) is 17.6. The molecule has 0 amide bonds. The van der Waals surface area contributed by atoms with Gasteiger partial charge in [0, 0.05) is 0 Å². The molecule has 0 spiro atoms. The molecule has 0 N–H and O–H groups in total. The smallest absolute Gasteiger partial charge is 0.348 e. The van der Waals surface area contributed by atoms with Gasteiger partial charge in [0.2, 0.25) is 0 Å². The van der Waals surface area contributed by atoms with Crippen LogP contribution in [0, 0.1) is 11.3 Å². The molecule has 5 nitrogen and oxygen atoms in total. The Morgan fingerprint density at radius 2 is 2.09 bits per heavy atom. The van der Waals surface area contributed by atoms with E-state index < -0.39 is 5.97 Å². The van der Waals surface area contributed by atoms with Crippen LogP contribution in [0.1, 0.15) is 32.3 Å². The number of carbonyl (C=O) groups is 1. The van der Waals surface area contributed by atoms with Crippen molar-refractivity contribution in [3.05, 3.63) is 29.3 Å². The number of hydrogen-bond acceptors (Lipinski definition) is 5. The van der Waals surface area contributed by atoms with Crippen LogP contribution in [0.5, 0.6) is 11.5 Å². The van der Waals surface area contributed by atoms with Crippen molar-refractivity contribution in [2.45, 2.75) is 26.7 Å². The van der Waals surface area contributed by atoms with E-state index in [4.69, 9.17) is 19.5 Å². The molecule has 1 aromatic rings. The molecule has 118 valence electrons.